The number of nitrogens with zero attached hydrogens (tertiary/aromatic N) is 3. The van der Waals surface area contributed by atoms with Crippen molar-refractivity contribution in [3.8, 4) is 0 Å². The first-order chi connectivity index (χ1) is 11.2. The van der Waals surface area contributed by atoms with E-state index in [9.17, 15) is 9.90 Å². The van der Waals surface area contributed by atoms with Crippen molar-refractivity contribution in [1.82, 2.24) is 25.6 Å². The number of rotatable bonds is 6. The average Bonchev–Trinajstić information content (AvgIpc) is 3.10. The van der Waals surface area contributed by atoms with Crippen molar-refractivity contribution in [2.24, 2.45) is 7.05 Å². The summed E-state index contributed by atoms with van der Waals surface area (Å²) in [4.78, 5) is 12.2. The third-order valence-corrected chi connectivity index (χ3v) is 4.07. The number of nitrogens with one attached hydrogen (secondary N) is 2. The molecule has 2 aromatic heterocycles. The average molecular weight is 335 g/mol. The minimum Gasteiger partial charge on any atom is -0.383 e. The number of hydrogen-bond donors (Lipinski definition) is 3. The lowest BCUT2D eigenvalue weighted by Gasteiger charge is -2.24. The lowest BCUT2D eigenvalue weighted by Crippen LogP contribution is -2.44. The summed E-state index contributed by atoms with van der Waals surface area (Å²) >= 11 is 0. The van der Waals surface area contributed by atoms with Crippen molar-refractivity contribution >= 4 is 6.03 Å². The largest absolute Gasteiger partial charge is 0.383 e. The molecule has 0 fully saturated rings. The normalized spacial score (nSPS) is 14.9. The molecular formula is C16H25N5O3. The maximum absolute atomic E-state index is 12.2. The van der Waals surface area contributed by atoms with Crippen molar-refractivity contribution in [2.75, 3.05) is 6.54 Å². The summed E-state index contributed by atoms with van der Waals surface area (Å²) in [6.07, 6.45) is 4.01. The molecule has 132 valence electrons. The van der Waals surface area contributed by atoms with E-state index in [1.54, 1.807) is 31.0 Å². The third kappa shape index (κ3) is 3.94. The smallest absolute Gasteiger partial charge is 0.315 e. The molecule has 0 aliphatic rings. The number of carbonyl (C=O) groups is 1. The molecule has 0 bridgehead atoms. The van der Waals surface area contributed by atoms with Crippen molar-refractivity contribution in [1.29, 1.82) is 0 Å². The molecule has 3 N–H and O–H groups in total. The molecule has 0 aliphatic carbocycles. The van der Waals surface area contributed by atoms with E-state index >= 15 is 0 Å². The van der Waals surface area contributed by atoms with Crippen molar-refractivity contribution < 1.29 is 14.4 Å². The van der Waals surface area contributed by atoms with Crippen molar-refractivity contribution in [2.45, 2.75) is 45.8 Å². The molecule has 8 heteroatoms. The van der Waals surface area contributed by atoms with Gasteiger partial charge >= 0.3 is 6.03 Å². The van der Waals surface area contributed by atoms with Gasteiger partial charge in [-0.2, -0.15) is 5.10 Å². The zero-order valence-electron chi connectivity index (χ0n) is 14.8. The Morgan fingerprint density at radius 2 is 2.21 bits per heavy atom. The Morgan fingerprint density at radius 1 is 1.50 bits per heavy atom. The van der Waals surface area contributed by atoms with Crippen LogP contribution in [-0.2, 0) is 12.6 Å². The second-order valence-electron chi connectivity index (χ2n) is 6.20. The van der Waals surface area contributed by atoms with Gasteiger partial charge in [0.1, 0.15) is 11.4 Å². The maximum atomic E-state index is 12.2. The molecule has 0 spiro atoms. The first-order valence-electron chi connectivity index (χ1n) is 7.93. The van der Waals surface area contributed by atoms with Gasteiger partial charge in [0.25, 0.3) is 0 Å². The zero-order chi connectivity index (χ0) is 17.9. The minimum absolute atomic E-state index is 0.0720. The van der Waals surface area contributed by atoms with Gasteiger partial charge < -0.3 is 20.3 Å². The highest BCUT2D eigenvalue weighted by molar-refractivity contribution is 5.74. The Kier molecular flexibility index (Phi) is 5.28. The first-order valence-corrected chi connectivity index (χ1v) is 7.93. The summed E-state index contributed by atoms with van der Waals surface area (Å²) in [5.74, 6) is 0.696. The summed E-state index contributed by atoms with van der Waals surface area (Å²) in [6, 6.07) is -0.550. The standard InChI is InChI=1S/C16H25N5O3/c1-6-13(14-10(2)20-24-11(14)3)19-15(22)17-9-16(4,23)12-7-18-21(5)8-12/h7-8,13,23H,6,9H2,1-5H3,(H2,17,19,22). The van der Waals surface area contributed by atoms with Crippen LogP contribution >= 0.6 is 0 Å². The van der Waals surface area contributed by atoms with Crippen molar-refractivity contribution in [3.05, 3.63) is 35.0 Å². The van der Waals surface area contributed by atoms with Crippen LogP contribution in [0.3, 0.4) is 0 Å². The van der Waals surface area contributed by atoms with Crippen LogP contribution in [0.5, 0.6) is 0 Å². The highest BCUT2D eigenvalue weighted by Gasteiger charge is 2.26. The Hall–Kier alpha value is -2.35. The predicted octanol–water partition coefficient (Wildman–Crippen LogP) is 1.68. The van der Waals surface area contributed by atoms with Crippen LogP contribution in [0.15, 0.2) is 16.9 Å². The van der Waals surface area contributed by atoms with E-state index in [2.05, 4.69) is 20.9 Å². The fraction of sp³-hybridized carbons (Fsp3) is 0.562. The summed E-state index contributed by atoms with van der Waals surface area (Å²) in [5.41, 5.74) is 1.10. The number of urea groups is 1. The second kappa shape index (κ2) is 7.04. The van der Waals surface area contributed by atoms with E-state index in [0.717, 1.165) is 11.3 Å². The van der Waals surface area contributed by atoms with Crippen LogP contribution < -0.4 is 10.6 Å². The quantitative estimate of drug-likeness (QED) is 0.745. The van der Waals surface area contributed by atoms with Crippen LogP contribution in [-0.4, -0.2) is 32.6 Å². The van der Waals surface area contributed by atoms with E-state index in [-0.39, 0.29) is 18.6 Å². The van der Waals surface area contributed by atoms with Crippen LogP contribution in [0.4, 0.5) is 4.79 Å². The summed E-state index contributed by atoms with van der Waals surface area (Å²) in [7, 11) is 1.77. The zero-order valence-corrected chi connectivity index (χ0v) is 14.8. The highest BCUT2D eigenvalue weighted by Crippen LogP contribution is 2.24. The lowest BCUT2D eigenvalue weighted by molar-refractivity contribution is 0.0592. The van der Waals surface area contributed by atoms with Gasteiger partial charge in [-0.05, 0) is 27.2 Å². The number of aliphatic hydroxyl groups is 1. The maximum Gasteiger partial charge on any atom is 0.315 e. The molecule has 2 unspecified atom stereocenters. The Balaban J connectivity index is 1.97. The molecule has 0 aromatic carbocycles. The van der Waals surface area contributed by atoms with Gasteiger partial charge in [-0.1, -0.05) is 12.1 Å². The van der Waals surface area contributed by atoms with Gasteiger partial charge in [0.2, 0.25) is 0 Å². The van der Waals surface area contributed by atoms with Crippen LogP contribution in [0, 0.1) is 13.8 Å². The van der Waals surface area contributed by atoms with Gasteiger partial charge in [0.15, 0.2) is 0 Å². The fourth-order valence-corrected chi connectivity index (χ4v) is 2.63. The third-order valence-electron chi connectivity index (χ3n) is 4.07. The van der Waals surface area contributed by atoms with Crippen LogP contribution in [0.2, 0.25) is 0 Å². The molecule has 0 radical (unpaired) electrons. The summed E-state index contributed by atoms with van der Waals surface area (Å²) in [5, 5.41) is 24.1. The van der Waals surface area contributed by atoms with Gasteiger partial charge in [-0.15, -0.1) is 0 Å². The molecule has 8 nitrogen and oxygen atoms in total. The topological polar surface area (TPSA) is 105 Å². The molecule has 0 saturated carbocycles. The molecule has 2 aromatic rings. The molecule has 2 amide bonds. The predicted molar refractivity (Wildman–Crippen MR) is 88.3 cm³/mol. The van der Waals surface area contributed by atoms with E-state index in [1.807, 2.05) is 20.8 Å². The molecular weight excluding hydrogens is 310 g/mol. The van der Waals surface area contributed by atoms with E-state index in [4.69, 9.17) is 4.52 Å². The molecule has 2 atom stereocenters. The molecule has 0 aliphatic heterocycles. The van der Waals surface area contributed by atoms with E-state index in [1.165, 1.54) is 0 Å². The number of amides is 2. The number of aryl methyl sites for hydroxylation is 3. The molecule has 0 saturated heterocycles. The number of aromatic nitrogens is 3. The van der Waals surface area contributed by atoms with Crippen molar-refractivity contribution in [3.63, 3.8) is 0 Å². The highest BCUT2D eigenvalue weighted by atomic mass is 16.5. The summed E-state index contributed by atoms with van der Waals surface area (Å²) < 4.78 is 6.77. The number of hydrogen-bond acceptors (Lipinski definition) is 5. The van der Waals surface area contributed by atoms with Gasteiger partial charge in [-0.3, -0.25) is 4.68 Å². The molecule has 24 heavy (non-hydrogen) atoms. The Labute approximate surface area is 141 Å². The van der Waals surface area contributed by atoms with E-state index < -0.39 is 5.60 Å². The minimum atomic E-state index is -1.20. The van der Waals surface area contributed by atoms with Crippen LogP contribution in [0.1, 0.15) is 48.9 Å². The van der Waals surface area contributed by atoms with Crippen LogP contribution in [0.25, 0.3) is 0 Å². The fourth-order valence-electron chi connectivity index (χ4n) is 2.63. The number of carbonyl (C=O) groups excluding carboxylic acids is 1. The Morgan fingerprint density at radius 3 is 2.71 bits per heavy atom. The SMILES string of the molecule is CCC(NC(=O)NCC(C)(O)c1cnn(C)c1)c1c(C)noc1C. The van der Waals surface area contributed by atoms with Gasteiger partial charge in [0.05, 0.1) is 24.5 Å². The molecule has 2 rings (SSSR count). The lowest BCUT2D eigenvalue weighted by atomic mass is 10.00. The second-order valence-corrected chi connectivity index (χ2v) is 6.20. The summed E-state index contributed by atoms with van der Waals surface area (Å²) in [6.45, 7) is 7.35. The van der Waals surface area contributed by atoms with E-state index in [0.29, 0.717) is 17.7 Å². The van der Waals surface area contributed by atoms with Gasteiger partial charge in [-0.25, -0.2) is 4.79 Å². The molecule has 2 heterocycles. The van der Waals surface area contributed by atoms with Gasteiger partial charge in [0, 0.05) is 24.4 Å². The monoisotopic (exact) mass is 335 g/mol. The first kappa shape index (κ1) is 18.0. The Bertz CT molecular complexity index is 685.